The molecule has 0 aliphatic heterocycles. The summed E-state index contributed by atoms with van der Waals surface area (Å²) in [6, 6.07) is 12.6. The highest BCUT2D eigenvalue weighted by Crippen LogP contribution is 2.29. The van der Waals surface area contributed by atoms with E-state index in [4.69, 9.17) is 9.47 Å². The van der Waals surface area contributed by atoms with Gasteiger partial charge in [-0.25, -0.2) is 13.1 Å². The largest absolute Gasteiger partial charge is 0.493 e. The first-order chi connectivity index (χ1) is 11.8. The standard InChI is InChI=1S/C18H22BrNO4S/c1-13(2)24-17-9-6-15(10-18(17)23-3)11-20-25(21,22)12-14-4-7-16(19)8-5-14/h4-10,13,20H,11-12H2,1-3H3. The van der Waals surface area contributed by atoms with Gasteiger partial charge in [0.1, 0.15) is 0 Å². The van der Waals surface area contributed by atoms with Gasteiger partial charge in [-0.3, -0.25) is 0 Å². The number of benzene rings is 2. The van der Waals surface area contributed by atoms with E-state index >= 15 is 0 Å². The first-order valence-electron chi connectivity index (χ1n) is 7.84. The van der Waals surface area contributed by atoms with Crippen LogP contribution >= 0.6 is 15.9 Å². The van der Waals surface area contributed by atoms with Gasteiger partial charge in [-0.05, 0) is 49.2 Å². The Kier molecular flexibility index (Phi) is 6.87. The lowest BCUT2D eigenvalue weighted by molar-refractivity contribution is 0.230. The third-order valence-electron chi connectivity index (χ3n) is 3.36. The van der Waals surface area contributed by atoms with Gasteiger partial charge in [0.05, 0.1) is 19.0 Å². The second kappa shape index (κ2) is 8.69. The van der Waals surface area contributed by atoms with Crippen molar-refractivity contribution in [1.29, 1.82) is 0 Å². The maximum absolute atomic E-state index is 12.2. The number of sulfonamides is 1. The van der Waals surface area contributed by atoms with Crippen LogP contribution in [-0.2, 0) is 22.3 Å². The topological polar surface area (TPSA) is 64.6 Å². The maximum Gasteiger partial charge on any atom is 0.216 e. The van der Waals surface area contributed by atoms with E-state index in [0.29, 0.717) is 11.5 Å². The van der Waals surface area contributed by atoms with Crippen molar-refractivity contribution in [2.24, 2.45) is 0 Å². The highest BCUT2D eigenvalue weighted by molar-refractivity contribution is 9.10. The molecule has 2 rings (SSSR count). The molecule has 1 N–H and O–H groups in total. The number of hydrogen-bond acceptors (Lipinski definition) is 4. The van der Waals surface area contributed by atoms with Gasteiger partial charge in [-0.15, -0.1) is 0 Å². The average molecular weight is 428 g/mol. The third-order valence-corrected chi connectivity index (χ3v) is 5.18. The molecule has 0 saturated carbocycles. The summed E-state index contributed by atoms with van der Waals surface area (Å²) in [6.07, 6.45) is 0.0316. The van der Waals surface area contributed by atoms with Crippen molar-refractivity contribution in [3.8, 4) is 11.5 Å². The van der Waals surface area contributed by atoms with Gasteiger partial charge >= 0.3 is 0 Å². The summed E-state index contributed by atoms with van der Waals surface area (Å²) in [5.41, 5.74) is 1.53. The maximum atomic E-state index is 12.2. The molecule has 0 atom stereocenters. The molecule has 0 fully saturated rings. The molecule has 0 saturated heterocycles. The molecule has 136 valence electrons. The molecule has 2 aromatic rings. The SMILES string of the molecule is COc1cc(CNS(=O)(=O)Cc2ccc(Br)cc2)ccc1OC(C)C. The minimum absolute atomic E-state index is 0.0316. The van der Waals surface area contributed by atoms with Crippen molar-refractivity contribution < 1.29 is 17.9 Å². The lowest BCUT2D eigenvalue weighted by Crippen LogP contribution is -2.24. The Morgan fingerprint density at radius 3 is 2.28 bits per heavy atom. The minimum Gasteiger partial charge on any atom is -0.493 e. The Hall–Kier alpha value is -1.57. The van der Waals surface area contributed by atoms with Crippen molar-refractivity contribution in [3.05, 3.63) is 58.1 Å². The van der Waals surface area contributed by atoms with Crippen LogP contribution in [0.1, 0.15) is 25.0 Å². The van der Waals surface area contributed by atoms with Crippen LogP contribution < -0.4 is 14.2 Å². The van der Waals surface area contributed by atoms with Crippen LogP contribution in [0.15, 0.2) is 46.9 Å². The molecule has 7 heteroatoms. The molecular formula is C18H22BrNO4S. The Morgan fingerprint density at radius 1 is 1.04 bits per heavy atom. The molecule has 0 spiro atoms. The molecule has 0 radical (unpaired) electrons. The molecule has 0 aliphatic carbocycles. The number of ether oxygens (including phenoxy) is 2. The van der Waals surface area contributed by atoms with Gasteiger partial charge < -0.3 is 9.47 Å². The van der Waals surface area contributed by atoms with E-state index in [1.807, 2.05) is 32.0 Å². The number of rotatable bonds is 8. The fraction of sp³-hybridized carbons (Fsp3) is 0.333. The molecule has 0 aliphatic rings. The molecule has 2 aromatic carbocycles. The van der Waals surface area contributed by atoms with Gasteiger partial charge in [0.15, 0.2) is 11.5 Å². The van der Waals surface area contributed by atoms with Crippen LogP contribution in [0, 0.1) is 0 Å². The molecule has 5 nitrogen and oxygen atoms in total. The van der Waals surface area contributed by atoms with Crippen LogP contribution in [0.4, 0.5) is 0 Å². The molecule has 0 unspecified atom stereocenters. The summed E-state index contributed by atoms with van der Waals surface area (Å²) < 4.78 is 39.0. The van der Waals surface area contributed by atoms with E-state index in [9.17, 15) is 8.42 Å². The average Bonchev–Trinajstić information content (AvgIpc) is 2.55. The fourth-order valence-corrected chi connectivity index (χ4v) is 3.60. The van der Waals surface area contributed by atoms with E-state index in [-0.39, 0.29) is 18.4 Å². The van der Waals surface area contributed by atoms with E-state index in [1.54, 1.807) is 31.4 Å². The van der Waals surface area contributed by atoms with Crippen LogP contribution in [0.3, 0.4) is 0 Å². The van der Waals surface area contributed by atoms with Crippen molar-refractivity contribution >= 4 is 26.0 Å². The van der Waals surface area contributed by atoms with Crippen molar-refractivity contribution in [2.45, 2.75) is 32.2 Å². The lowest BCUT2D eigenvalue weighted by atomic mass is 10.2. The predicted octanol–water partition coefficient (Wildman–Crippen LogP) is 3.86. The van der Waals surface area contributed by atoms with Crippen LogP contribution in [0.25, 0.3) is 0 Å². The summed E-state index contributed by atoms with van der Waals surface area (Å²) in [7, 11) is -1.87. The number of halogens is 1. The zero-order chi connectivity index (χ0) is 18.4. The van der Waals surface area contributed by atoms with Gasteiger partial charge in [0.2, 0.25) is 10.0 Å². The van der Waals surface area contributed by atoms with E-state index in [1.165, 1.54) is 0 Å². The Balaban J connectivity index is 2.03. The molecule has 0 bridgehead atoms. The summed E-state index contributed by atoms with van der Waals surface area (Å²) in [5, 5.41) is 0. The van der Waals surface area contributed by atoms with Gasteiger partial charge in [0.25, 0.3) is 0 Å². The van der Waals surface area contributed by atoms with Gasteiger partial charge in [-0.2, -0.15) is 0 Å². The Bertz CT molecular complexity index is 804. The lowest BCUT2D eigenvalue weighted by Gasteiger charge is -2.15. The number of nitrogens with one attached hydrogen (secondary N) is 1. The van der Waals surface area contributed by atoms with Crippen LogP contribution in [0.2, 0.25) is 0 Å². The summed E-state index contributed by atoms with van der Waals surface area (Å²) in [5.74, 6) is 1.16. The first kappa shape index (κ1) is 19.8. The van der Waals surface area contributed by atoms with E-state index in [2.05, 4.69) is 20.7 Å². The van der Waals surface area contributed by atoms with Gasteiger partial charge in [0, 0.05) is 11.0 Å². The van der Waals surface area contributed by atoms with Crippen LogP contribution in [-0.4, -0.2) is 21.6 Å². The van der Waals surface area contributed by atoms with Crippen molar-refractivity contribution in [2.75, 3.05) is 7.11 Å². The van der Waals surface area contributed by atoms with Gasteiger partial charge in [-0.1, -0.05) is 34.1 Å². The molecule has 0 amide bonds. The normalized spacial score (nSPS) is 11.6. The monoisotopic (exact) mass is 427 g/mol. The quantitative estimate of drug-likeness (QED) is 0.694. The number of methoxy groups -OCH3 is 1. The summed E-state index contributed by atoms with van der Waals surface area (Å²) in [4.78, 5) is 0. The molecule has 25 heavy (non-hydrogen) atoms. The minimum atomic E-state index is -3.43. The Morgan fingerprint density at radius 2 is 1.68 bits per heavy atom. The third kappa shape index (κ3) is 6.34. The van der Waals surface area contributed by atoms with Crippen molar-refractivity contribution in [3.63, 3.8) is 0 Å². The predicted molar refractivity (Wildman–Crippen MR) is 102 cm³/mol. The van der Waals surface area contributed by atoms with Crippen molar-refractivity contribution in [1.82, 2.24) is 4.72 Å². The zero-order valence-corrected chi connectivity index (χ0v) is 16.9. The van der Waals surface area contributed by atoms with E-state index in [0.717, 1.165) is 15.6 Å². The smallest absolute Gasteiger partial charge is 0.216 e. The highest BCUT2D eigenvalue weighted by atomic mass is 79.9. The Labute approximate surface area is 157 Å². The zero-order valence-electron chi connectivity index (χ0n) is 14.5. The molecular weight excluding hydrogens is 406 g/mol. The second-order valence-electron chi connectivity index (χ2n) is 5.86. The van der Waals surface area contributed by atoms with Crippen LogP contribution in [0.5, 0.6) is 11.5 Å². The summed E-state index contributed by atoms with van der Waals surface area (Å²) >= 11 is 3.33. The molecule has 0 heterocycles. The van der Waals surface area contributed by atoms with E-state index < -0.39 is 10.0 Å². The first-order valence-corrected chi connectivity index (χ1v) is 10.3. The fourth-order valence-electron chi connectivity index (χ4n) is 2.22. The second-order valence-corrected chi connectivity index (χ2v) is 8.58. The highest BCUT2D eigenvalue weighted by Gasteiger charge is 2.13. The number of hydrogen-bond donors (Lipinski definition) is 1. The summed E-state index contributed by atoms with van der Waals surface area (Å²) in [6.45, 7) is 4.06. The molecule has 0 aromatic heterocycles.